The third kappa shape index (κ3) is 2.92. The molecule has 0 spiro atoms. The fourth-order valence-corrected chi connectivity index (χ4v) is 2.29. The molecular weight excluding hydrogens is 254 g/mol. The maximum Gasteiger partial charge on any atom is 0.328 e. The first-order valence-electron chi connectivity index (χ1n) is 7.06. The highest BCUT2D eigenvalue weighted by atomic mass is 16.2. The van der Waals surface area contributed by atoms with E-state index in [9.17, 15) is 9.59 Å². The Morgan fingerprint density at radius 1 is 1.25 bits per heavy atom. The number of para-hydroxylation sites is 2. The normalized spacial score (nSPS) is 10.9. The van der Waals surface area contributed by atoms with Crippen LogP contribution in [0.25, 0.3) is 11.0 Å². The second-order valence-corrected chi connectivity index (χ2v) is 4.94. The number of carbonyl (C=O) groups is 1. The number of hydrogen-bond acceptors (Lipinski definition) is 2. The highest BCUT2D eigenvalue weighted by Crippen LogP contribution is 2.11. The van der Waals surface area contributed by atoms with Gasteiger partial charge in [-0.05, 0) is 18.6 Å². The van der Waals surface area contributed by atoms with Gasteiger partial charge < -0.3 is 5.32 Å². The summed E-state index contributed by atoms with van der Waals surface area (Å²) in [6, 6.07) is 7.63. The summed E-state index contributed by atoms with van der Waals surface area (Å²) in [6.07, 6.45) is 2.38. The van der Waals surface area contributed by atoms with Crippen LogP contribution >= 0.6 is 0 Å². The monoisotopic (exact) mass is 275 g/mol. The molecule has 0 saturated carbocycles. The number of unbranched alkanes of at least 4 members (excludes halogenated alkanes) is 1. The molecular formula is C15H21N3O2. The number of amides is 1. The zero-order chi connectivity index (χ0) is 14.5. The zero-order valence-electron chi connectivity index (χ0n) is 12.1. The number of aromatic nitrogens is 2. The molecule has 0 atom stereocenters. The van der Waals surface area contributed by atoms with Crippen LogP contribution in [0.2, 0.25) is 0 Å². The molecule has 1 amide bonds. The van der Waals surface area contributed by atoms with Crippen LogP contribution in [0.5, 0.6) is 0 Å². The van der Waals surface area contributed by atoms with E-state index in [1.165, 1.54) is 0 Å². The maximum atomic E-state index is 12.2. The number of benzene rings is 1. The average molecular weight is 275 g/mol. The summed E-state index contributed by atoms with van der Waals surface area (Å²) in [7, 11) is 1.75. The van der Waals surface area contributed by atoms with E-state index in [0.717, 1.165) is 23.9 Å². The minimum Gasteiger partial charge on any atom is -0.356 e. The number of imidazole rings is 1. The smallest absolute Gasteiger partial charge is 0.328 e. The Hall–Kier alpha value is -2.04. The number of nitrogens with zero attached hydrogens (tertiary/aromatic N) is 2. The fourth-order valence-electron chi connectivity index (χ4n) is 2.29. The summed E-state index contributed by atoms with van der Waals surface area (Å²) >= 11 is 0. The van der Waals surface area contributed by atoms with Crippen LogP contribution in [0, 0.1) is 0 Å². The topological polar surface area (TPSA) is 56.0 Å². The number of hydrogen-bond donors (Lipinski definition) is 1. The molecule has 1 aromatic carbocycles. The van der Waals surface area contributed by atoms with Crippen LogP contribution in [0.15, 0.2) is 29.1 Å². The van der Waals surface area contributed by atoms with Gasteiger partial charge in [0.2, 0.25) is 5.91 Å². The van der Waals surface area contributed by atoms with Crippen molar-refractivity contribution in [3.63, 3.8) is 0 Å². The molecule has 0 saturated heterocycles. The summed E-state index contributed by atoms with van der Waals surface area (Å²) in [6.45, 7) is 3.21. The molecule has 0 aliphatic carbocycles. The Kier molecular flexibility index (Phi) is 4.61. The van der Waals surface area contributed by atoms with Gasteiger partial charge in [-0.2, -0.15) is 0 Å². The predicted octanol–water partition coefficient (Wildman–Crippen LogP) is 1.65. The van der Waals surface area contributed by atoms with Gasteiger partial charge in [0.05, 0.1) is 11.0 Å². The molecule has 2 rings (SSSR count). The van der Waals surface area contributed by atoms with Gasteiger partial charge in [0.25, 0.3) is 0 Å². The van der Waals surface area contributed by atoms with Gasteiger partial charge in [0.1, 0.15) is 0 Å². The van der Waals surface area contributed by atoms with Crippen LogP contribution in [-0.2, 0) is 18.4 Å². The standard InChI is InChI=1S/C15H21N3O2/c1-3-4-10-16-14(19)9-11-18-13-8-6-5-7-12(13)17(2)15(18)20/h5-8H,3-4,9-11H2,1-2H3,(H,16,19). The summed E-state index contributed by atoms with van der Waals surface area (Å²) in [4.78, 5) is 23.9. The van der Waals surface area contributed by atoms with E-state index in [2.05, 4.69) is 12.2 Å². The van der Waals surface area contributed by atoms with Gasteiger partial charge in [-0.25, -0.2) is 4.79 Å². The Morgan fingerprint density at radius 3 is 2.65 bits per heavy atom. The van der Waals surface area contributed by atoms with E-state index in [4.69, 9.17) is 0 Å². The lowest BCUT2D eigenvalue weighted by Gasteiger charge is -2.05. The molecule has 1 aromatic heterocycles. The third-order valence-corrected chi connectivity index (χ3v) is 3.47. The zero-order valence-corrected chi connectivity index (χ0v) is 12.1. The molecule has 0 aliphatic rings. The molecule has 108 valence electrons. The second-order valence-electron chi connectivity index (χ2n) is 4.94. The molecule has 0 radical (unpaired) electrons. The van der Waals surface area contributed by atoms with Crippen LogP contribution < -0.4 is 11.0 Å². The first-order chi connectivity index (χ1) is 9.65. The average Bonchev–Trinajstić information content (AvgIpc) is 2.70. The molecule has 1 heterocycles. The van der Waals surface area contributed by atoms with E-state index in [0.29, 0.717) is 19.5 Å². The van der Waals surface area contributed by atoms with Crippen molar-refractivity contribution in [1.29, 1.82) is 0 Å². The van der Waals surface area contributed by atoms with Gasteiger partial charge in [-0.3, -0.25) is 13.9 Å². The lowest BCUT2D eigenvalue weighted by molar-refractivity contribution is -0.121. The van der Waals surface area contributed by atoms with Crippen molar-refractivity contribution in [2.24, 2.45) is 7.05 Å². The summed E-state index contributed by atoms with van der Waals surface area (Å²) in [5.74, 6) is -0.00159. The van der Waals surface area contributed by atoms with Crippen molar-refractivity contribution >= 4 is 16.9 Å². The largest absolute Gasteiger partial charge is 0.356 e. The highest BCUT2D eigenvalue weighted by molar-refractivity contribution is 5.77. The molecule has 0 aliphatic heterocycles. The van der Waals surface area contributed by atoms with Crippen molar-refractivity contribution in [2.45, 2.75) is 32.7 Å². The summed E-state index contributed by atoms with van der Waals surface area (Å²) in [5.41, 5.74) is 1.69. The summed E-state index contributed by atoms with van der Waals surface area (Å²) in [5, 5.41) is 2.87. The minimum atomic E-state index is -0.0763. The molecule has 0 bridgehead atoms. The van der Waals surface area contributed by atoms with E-state index < -0.39 is 0 Å². The van der Waals surface area contributed by atoms with E-state index >= 15 is 0 Å². The molecule has 1 N–H and O–H groups in total. The fraction of sp³-hybridized carbons (Fsp3) is 0.467. The van der Waals surface area contributed by atoms with Crippen molar-refractivity contribution in [3.8, 4) is 0 Å². The minimum absolute atomic E-state index is 0.00159. The Balaban J connectivity index is 2.09. The van der Waals surface area contributed by atoms with E-state index in [1.54, 1.807) is 16.2 Å². The first kappa shape index (κ1) is 14.4. The Labute approximate surface area is 118 Å². The molecule has 5 nitrogen and oxygen atoms in total. The molecule has 20 heavy (non-hydrogen) atoms. The van der Waals surface area contributed by atoms with Gasteiger partial charge >= 0.3 is 5.69 Å². The SMILES string of the molecule is CCCCNC(=O)CCn1c(=O)n(C)c2ccccc21. The molecule has 0 unspecified atom stereocenters. The predicted molar refractivity (Wildman–Crippen MR) is 79.7 cm³/mol. The van der Waals surface area contributed by atoms with Gasteiger partial charge in [0.15, 0.2) is 0 Å². The second kappa shape index (κ2) is 6.41. The van der Waals surface area contributed by atoms with Crippen molar-refractivity contribution < 1.29 is 4.79 Å². The van der Waals surface area contributed by atoms with Crippen LogP contribution in [-0.4, -0.2) is 21.6 Å². The highest BCUT2D eigenvalue weighted by Gasteiger charge is 2.10. The van der Waals surface area contributed by atoms with Crippen molar-refractivity contribution in [3.05, 3.63) is 34.7 Å². The number of aryl methyl sites for hydroxylation is 2. The van der Waals surface area contributed by atoms with Gasteiger partial charge in [0, 0.05) is 26.6 Å². The molecule has 2 aromatic rings. The third-order valence-electron chi connectivity index (χ3n) is 3.47. The first-order valence-corrected chi connectivity index (χ1v) is 7.06. The number of carbonyl (C=O) groups excluding carboxylic acids is 1. The Morgan fingerprint density at radius 2 is 1.95 bits per heavy atom. The van der Waals surface area contributed by atoms with Crippen LogP contribution in [0.1, 0.15) is 26.2 Å². The van der Waals surface area contributed by atoms with Crippen LogP contribution in [0.4, 0.5) is 0 Å². The van der Waals surface area contributed by atoms with Crippen molar-refractivity contribution in [2.75, 3.05) is 6.54 Å². The van der Waals surface area contributed by atoms with E-state index in [-0.39, 0.29) is 11.6 Å². The van der Waals surface area contributed by atoms with Crippen molar-refractivity contribution in [1.82, 2.24) is 14.5 Å². The molecule has 5 heteroatoms. The van der Waals surface area contributed by atoms with Crippen LogP contribution in [0.3, 0.4) is 0 Å². The Bertz CT molecular complexity index is 655. The van der Waals surface area contributed by atoms with Gasteiger partial charge in [-0.1, -0.05) is 25.5 Å². The van der Waals surface area contributed by atoms with Gasteiger partial charge in [-0.15, -0.1) is 0 Å². The summed E-state index contributed by atoms with van der Waals surface area (Å²) < 4.78 is 3.28. The number of rotatable bonds is 6. The quantitative estimate of drug-likeness (QED) is 0.815. The number of nitrogens with one attached hydrogen (secondary N) is 1. The maximum absolute atomic E-state index is 12.2. The lowest BCUT2D eigenvalue weighted by Crippen LogP contribution is -2.28. The lowest BCUT2D eigenvalue weighted by atomic mass is 10.3. The molecule has 0 fully saturated rings. The number of fused-ring (bicyclic) bond motifs is 1. The van der Waals surface area contributed by atoms with E-state index in [1.807, 2.05) is 24.3 Å².